The smallest absolute Gasteiger partial charge is 0.261 e. The van der Waals surface area contributed by atoms with Crippen molar-refractivity contribution in [2.75, 3.05) is 13.1 Å². The summed E-state index contributed by atoms with van der Waals surface area (Å²) in [4.78, 5) is 17.2. The number of halogens is 1. The summed E-state index contributed by atoms with van der Waals surface area (Å²) >= 11 is 1.52. The number of carbonyl (C=O) groups excluding carboxylic acids is 1. The Kier molecular flexibility index (Phi) is 6.94. The molecule has 166 valence electrons. The van der Waals surface area contributed by atoms with E-state index in [0.29, 0.717) is 0 Å². The molecule has 5 rings (SSSR count). The third-order valence-corrected chi connectivity index (χ3v) is 7.05. The summed E-state index contributed by atoms with van der Waals surface area (Å²) in [5.41, 5.74) is 3.31. The molecular formula is C25H27ClN4OS. The van der Waals surface area contributed by atoms with Crippen molar-refractivity contribution in [2.24, 2.45) is 0 Å². The zero-order chi connectivity index (χ0) is 21.2. The Labute approximate surface area is 198 Å². The van der Waals surface area contributed by atoms with Crippen LogP contribution in [0, 0.1) is 6.92 Å². The summed E-state index contributed by atoms with van der Waals surface area (Å²) in [5.74, 6) is 0.0294. The summed E-state index contributed by atoms with van der Waals surface area (Å²) in [6, 6.07) is 22.9. The van der Waals surface area contributed by atoms with Gasteiger partial charge in [0.1, 0.15) is 4.83 Å². The zero-order valence-corrected chi connectivity index (χ0v) is 19.7. The Morgan fingerprint density at radius 3 is 2.41 bits per heavy atom. The molecule has 1 aliphatic heterocycles. The van der Waals surface area contributed by atoms with E-state index in [-0.39, 0.29) is 24.4 Å². The third-order valence-electron chi connectivity index (χ3n) is 5.94. The van der Waals surface area contributed by atoms with Crippen molar-refractivity contribution in [3.63, 3.8) is 0 Å². The van der Waals surface area contributed by atoms with Crippen LogP contribution in [0.1, 0.15) is 33.8 Å². The van der Waals surface area contributed by atoms with Gasteiger partial charge in [-0.15, -0.1) is 23.7 Å². The topological polar surface area (TPSA) is 50.2 Å². The lowest BCUT2D eigenvalue weighted by atomic mass is 10.0. The van der Waals surface area contributed by atoms with Gasteiger partial charge in [0.25, 0.3) is 5.91 Å². The molecule has 4 aromatic rings. The van der Waals surface area contributed by atoms with Crippen molar-refractivity contribution < 1.29 is 4.79 Å². The number of rotatable bonds is 5. The molecule has 0 atom stereocenters. The molecule has 0 saturated carbocycles. The van der Waals surface area contributed by atoms with Gasteiger partial charge >= 0.3 is 0 Å². The summed E-state index contributed by atoms with van der Waals surface area (Å²) in [6.07, 6.45) is 1.97. The third kappa shape index (κ3) is 4.72. The second kappa shape index (κ2) is 9.86. The van der Waals surface area contributed by atoms with E-state index in [1.165, 1.54) is 16.9 Å². The molecule has 32 heavy (non-hydrogen) atoms. The summed E-state index contributed by atoms with van der Waals surface area (Å²) in [7, 11) is 0. The predicted molar refractivity (Wildman–Crippen MR) is 133 cm³/mol. The first kappa shape index (κ1) is 22.5. The molecule has 3 heterocycles. The zero-order valence-electron chi connectivity index (χ0n) is 18.0. The Morgan fingerprint density at radius 2 is 1.72 bits per heavy atom. The number of nitrogens with zero attached hydrogens (tertiary/aromatic N) is 3. The Hall–Kier alpha value is -2.67. The molecule has 0 spiro atoms. The molecule has 7 heteroatoms. The normalized spacial score (nSPS) is 14.9. The van der Waals surface area contributed by atoms with Gasteiger partial charge in [-0.25, -0.2) is 4.68 Å². The van der Waals surface area contributed by atoms with Gasteiger partial charge in [-0.3, -0.25) is 9.69 Å². The molecule has 0 radical (unpaired) electrons. The molecule has 0 aliphatic carbocycles. The number of thiophene rings is 1. The molecular weight excluding hydrogens is 440 g/mol. The van der Waals surface area contributed by atoms with E-state index in [2.05, 4.69) is 45.6 Å². The highest BCUT2D eigenvalue weighted by Gasteiger charge is 2.23. The monoisotopic (exact) mass is 466 g/mol. The van der Waals surface area contributed by atoms with Crippen LogP contribution in [0.15, 0.2) is 66.7 Å². The van der Waals surface area contributed by atoms with Crippen LogP contribution in [0.4, 0.5) is 0 Å². The highest BCUT2D eigenvalue weighted by Crippen LogP contribution is 2.30. The standard InChI is InChI=1S/C25H26N4OS.ClH/c1-18-22-16-23(31-25(22)29(27-18)21-10-6-3-7-11-21)24(30)26-20-12-14-28(15-13-20)17-19-8-4-2-5-9-19;/h2-11,16,20H,12-15,17H2,1H3,(H,26,30);1H. The Bertz CT molecular complexity index is 1180. The number of hydrogen-bond donors (Lipinski definition) is 1. The van der Waals surface area contributed by atoms with Crippen LogP contribution in [0.3, 0.4) is 0 Å². The maximum Gasteiger partial charge on any atom is 0.261 e. The van der Waals surface area contributed by atoms with Gasteiger partial charge in [0, 0.05) is 31.1 Å². The predicted octanol–water partition coefficient (Wildman–Crippen LogP) is 5.21. The van der Waals surface area contributed by atoms with Crippen LogP contribution in [0.5, 0.6) is 0 Å². The molecule has 5 nitrogen and oxygen atoms in total. The van der Waals surface area contributed by atoms with Gasteiger partial charge in [-0.1, -0.05) is 48.5 Å². The molecule has 2 aromatic heterocycles. The average Bonchev–Trinajstić information content (AvgIpc) is 3.37. The summed E-state index contributed by atoms with van der Waals surface area (Å²) in [5, 5.41) is 8.99. The Balaban J connectivity index is 0.00000245. The van der Waals surface area contributed by atoms with Gasteiger partial charge in [-0.2, -0.15) is 5.10 Å². The minimum Gasteiger partial charge on any atom is -0.349 e. The maximum atomic E-state index is 13.0. The van der Waals surface area contributed by atoms with Crippen LogP contribution in [0.2, 0.25) is 0 Å². The van der Waals surface area contributed by atoms with E-state index in [4.69, 9.17) is 0 Å². The number of likely N-dealkylation sites (tertiary alicyclic amines) is 1. The summed E-state index contributed by atoms with van der Waals surface area (Å²) in [6.45, 7) is 4.99. The molecule has 2 aromatic carbocycles. The largest absolute Gasteiger partial charge is 0.349 e. The van der Waals surface area contributed by atoms with E-state index >= 15 is 0 Å². The molecule has 0 bridgehead atoms. The highest BCUT2D eigenvalue weighted by atomic mass is 35.5. The quantitative estimate of drug-likeness (QED) is 0.439. The molecule has 1 amide bonds. The van der Waals surface area contributed by atoms with Crippen LogP contribution in [-0.4, -0.2) is 39.7 Å². The minimum absolute atomic E-state index is 0. The van der Waals surface area contributed by atoms with Gasteiger partial charge < -0.3 is 5.32 Å². The van der Waals surface area contributed by atoms with Crippen molar-refractivity contribution in [3.05, 3.63) is 82.9 Å². The van der Waals surface area contributed by atoms with Crippen LogP contribution in [0.25, 0.3) is 15.9 Å². The number of aromatic nitrogens is 2. The SMILES string of the molecule is Cc1nn(-c2ccccc2)c2sc(C(=O)NC3CCN(Cc4ccccc4)CC3)cc12.Cl. The fourth-order valence-electron chi connectivity index (χ4n) is 4.24. The number of nitrogens with one attached hydrogen (secondary N) is 1. The van der Waals surface area contributed by atoms with Crippen molar-refractivity contribution in [1.82, 2.24) is 20.0 Å². The van der Waals surface area contributed by atoms with Gasteiger partial charge in [0.15, 0.2) is 0 Å². The highest BCUT2D eigenvalue weighted by molar-refractivity contribution is 7.20. The van der Waals surface area contributed by atoms with Crippen molar-refractivity contribution >= 4 is 39.9 Å². The van der Waals surface area contributed by atoms with Crippen molar-refractivity contribution in [2.45, 2.75) is 32.4 Å². The molecule has 0 unspecified atom stereocenters. The number of para-hydroxylation sites is 1. The first-order valence-electron chi connectivity index (χ1n) is 10.8. The lowest BCUT2D eigenvalue weighted by molar-refractivity contribution is 0.0913. The molecule has 1 saturated heterocycles. The van der Waals surface area contributed by atoms with E-state index in [1.807, 2.05) is 48.0 Å². The number of aryl methyl sites for hydroxylation is 1. The average molecular weight is 467 g/mol. The van der Waals surface area contributed by atoms with Crippen molar-refractivity contribution in [1.29, 1.82) is 0 Å². The minimum atomic E-state index is 0. The van der Waals surface area contributed by atoms with Gasteiger partial charge in [0.05, 0.1) is 16.3 Å². The number of benzene rings is 2. The molecule has 1 fully saturated rings. The first-order chi connectivity index (χ1) is 15.2. The number of amides is 1. The van der Waals surface area contributed by atoms with Gasteiger partial charge in [0.2, 0.25) is 0 Å². The van der Waals surface area contributed by atoms with Crippen LogP contribution >= 0.6 is 23.7 Å². The van der Waals surface area contributed by atoms with Crippen LogP contribution < -0.4 is 5.32 Å². The number of piperidine rings is 1. The number of hydrogen-bond acceptors (Lipinski definition) is 4. The van der Waals surface area contributed by atoms with Crippen LogP contribution in [-0.2, 0) is 6.54 Å². The molecule has 1 N–H and O–H groups in total. The number of carbonyl (C=O) groups is 1. The van der Waals surface area contributed by atoms with E-state index in [1.54, 1.807) is 0 Å². The van der Waals surface area contributed by atoms with Gasteiger partial charge in [-0.05, 0) is 43.5 Å². The lowest BCUT2D eigenvalue weighted by Gasteiger charge is -2.32. The lowest BCUT2D eigenvalue weighted by Crippen LogP contribution is -2.44. The van der Waals surface area contributed by atoms with Crippen molar-refractivity contribution in [3.8, 4) is 5.69 Å². The second-order valence-electron chi connectivity index (χ2n) is 8.17. The maximum absolute atomic E-state index is 13.0. The van der Waals surface area contributed by atoms with E-state index in [9.17, 15) is 4.79 Å². The fourth-order valence-corrected chi connectivity index (χ4v) is 5.32. The van der Waals surface area contributed by atoms with E-state index < -0.39 is 0 Å². The van der Waals surface area contributed by atoms with E-state index in [0.717, 1.165) is 59.0 Å². The second-order valence-corrected chi connectivity index (χ2v) is 9.20. The molecule has 1 aliphatic rings. The summed E-state index contributed by atoms with van der Waals surface area (Å²) < 4.78 is 1.94. The fraction of sp³-hybridized carbons (Fsp3) is 0.280. The first-order valence-corrected chi connectivity index (χ1v) is 11.6. The Morgan fingerprint density at radius 1 is 1.06 bits per heavy atom. The number of fused-ring (bicyclic) bond motifs is 1.